The fourth-order valence-electron chi connectivity index (χ4n) is 1.66. The van der Waals surface area contributed by atoms with E-state index in [1.165, 1.54) is 12.3 Å². The molecule has 0 aliphatic rings. The van der Waals surface area contributed by atoms with E-state index in [9.17, 15) is 4.79 Å². The van der Waals surface area contributed by atoms with Crippen LogP contribution >= 0.6 is 23.2 Å². The molecule has 2 rings (SSSR count). The smallest absolute Gasteiger partial charge is 0.347 e. The lowest BCUT2D eigenvalue weighted by atomic mass is 10.3. The first kappa shape index (κ1) is 17.9. The van der Waals surface area contributed by atoms with Crippen molar-refractivity contribution >= 4 is 29.2 Å². The van der Waals surface area contributed by atoms with Crippen molar-refractivity contribution < 1.29 is 19.0 Å². The Morgan fingerprint density at radius 1 is 1.29 bits per heavy atom. The third-order valence-electron chi connectivity index (χ3n) is 2.75. The van der Waals surface area contributed by atoms with E-state index in [1.807, 2.05) is 0 Å². The molecule has 1 heterocycles. The second-order valence-corrected chi connectivity index (χ2v) is 5.43. The van der Waals surface area contributed by atoms with Gasteiger partial charge in [-0.25, -0.2) is 9.78 Å². The third kappa shape index (κ3) is 5.05. The maximum absolute atomic E-state index is 11.6. The molecule has 1 aromatic heterocycles. The van der Waals surface area contributed by atoms with Gasteiger partial charge in [-0.2, -0.15) is 0 Å². The van der Waals surface area contributed by atoms with Crippen LogP contribution in [0.4, 0.5) is 0 Å². The summed E-state index contributed by atoms with van der Waals surface area (Å²) >= 11 is 11.8. The fraction of sp³-hybridized carbons (Fsp3) is 0.176. The number of pyridine rings is 1. The molecule has 24 heavy (non-hydrogen) atoms. The van der Waals surface area contributed by atoms with E-state index in [0.29, 0.717) is 21.5 Å². The van der Waals surface area contributed by atoms with Crippen LogP contribution in [0.3, 0.4) is 0 Å². The highest BCUT2D eigenvalue weighted by Gasteiger charge is 2.16. The molecule has 5 nitrogen and oxygen atoms in total. The largest absolute Gasteiger partial charge is 0.479 e. The molecule has 124 valence electrons. The summed E-state index contributed by atoms with van der Waals surface area (Å²) in [5.74, 6) is 2.89. The maximum atomic E-state index is 11.6. The zero-order valence-electron chi connectivity index (χ0n) is 12.7. The number of benzene rings is 1. The van der Waals surface area contributed by atoms with E-state index in [4.69, 9.17) is 43.8 Å². The van der Waals surface area contributed by atoms with Crippen LogP contribution in [0.1, 0.15) is 6.92 Å². The van der Waals surface area contributed by atoms with Crippen LogP contribution in [-0.4, -0.2) is 23.7 Å². The summed E-state index contributed by atoms with van der Waals surface area (Å²) in [6, 6.07) is 8.13. The Morgan fingerprint density at radius 3 is 2.58 bits per heavy atom. The quantitative estimate of drug-likeness (QED) is 0.569. The lowest BCUT2D eigenvalue weighted by Crippen LogP contribution is -2.26. The Hall–Kier alpha value is -2.42. The Labute approximate surface area is 149 Å². The number of aromatic nitrogens is 1. The lowest BCUT2D eigenvalue weighted by molar-refractivity contribution is -0.149. The van der Waals surface area contributed by atoms with Crippen molar-refractivity contribution in [2.24, 2.45) is 0 Å². The van der Waals surface area contributed by atoms with Crippen LogP contribution in [0.5, 0.6) is 17.4 Å². The van der Waals surface area contributed by atoms with Crippen molar-refractivity contribution in [2.45, 2.75) is 13.0 Å². The standard InChI is InChI=1S/C17H13Cl2NO4/c1-3-8-22-17(21)11(2)23-13-4-6-14(7-5-13)24-16-15(19)9-12(18)10-20-16/h1,4-7,9-11H,8H2,2H3. The number of carbonyl (C=O) groups is 1. The van der Waals surface area contributed by atoms with Gasteiger partial charge in [0, 0.05) is 6.20 Å². The fourth-order valence-corrected chi connectivity index (χ4v) is 2.08. The molecular formula is C17H13Cl2NO4. The molecule has 2 aromatic rings. The molecule has 0 fully saturated rings. The van der Waals surface area contributed by atoms with E-state index < -0.39 is 12.1 Å². The highest BCUT2D eigenvalue weighted by Crippen LogP contribution is 2.30. The Morgan fingerprint density at radius 2 is 1.96 bits per heavy atom. The van der Waals surface area contributed by atoms with Gasteiger partial charge in [0.2, 0.25) is 5.88 Å². The third-order valence-corrected chi connectivity index (χ3v) is 3.23. The number of rotatable bonds is 6. The zero-order chi connectivity index (χ0) is 17.5. The van der Waals surface area contributed by atoms with Crippen molar-refractivity contribution in [3.05, 3.63) is 46.6 Å². The average molecular weight is 366 g/mol. The molecule has 0 radical (unpaired) electrons. The second kappa shape index (κ2) is 8.44. The Bertz CT molecular complexity index is 756. The van der Waals surface area contributed by atoms with Gasteiger partial charge in [-0.1, -0.05) is 29.1 Å². The normalized spacial score (nSPS) is 11.2. The highest BCUT2D eigenvalue weighted by molar-refractivity contribution is 6.35. The van der Waals surface area contributed by atoms with E-state index in [0.717, 1.165) is 0 Å². The molecule has 0 aliphatic carbocycles. The highest BCUT2D eigenvalue weighted by atomic mass is 35.5. The summed E-state index contributed by atoms with van der Waals surface area (Å²) < 4.78 is 15.8. The maximum Gasteiger partial charge on any atom is 0.347 e. The summed E-state index contributed by atoms with van der Waals surface area (Å²) in [6.07, 6.45) is 5.68. The van der Waals surface area contributed by atoms with Gasteiger partial charge in [0.05, 0.1) is 5.02 Å². The van der Waals surface area contributed by atoms with Gasteiger partial charge in [-0.15, -0.1) is 6.42 Å². The minimum absolute atomic E-state index is 0.0891. The summed E-state index contributed by atoms with van der Waals surface area (Å²) in [5, 5.41) is 0.717. The van der Waals surface area contributed by atoms with Crippen molar-refractivity contribution in [2.75, 3.05) is 6.61 Å². The van der Waals surface area contributed by atoms with Crippen LogP contribution in [0.2, 0.25) is 10.0 Å². The van der Waals surface area contributed by atoms with Gasteiger partial charge in [0.25, 0.3) is 0 Å². The predicted molar refractivity (Wildman–Crippen MR) is 90.7 cm³/mol. The Balaban J connectivity index is 1.98. The average Bonchev–Trinajstić information content (AvgIpc) is 2.56. The molecule has 1 aromatic carbocycles. The predicted octanol–water partition coefficient (Wildman–Crippen LogP) is 4.12. The number of carbonyl (C=O) groups excluding carboxylic acids is 1. The molecular weight excluding hydrogens is 353 g/mol. The molecule has 7 heteroatoms. The minimum atomic E-state index is -0.780. The summed E-state index contributed by atoms with van der Waals surface area (Å²) in [4.78, 5) is 15.6. The van der Waals surface area contributed by atoms with Crippen molar-refractivity contribution in [1.82, 2.24) is 4.98 Å². The first-order chi connectivity index (χ1) is 11.5. The monoisotopic (exact) mass is 365 g/mol. The van der Waals surface area contributed by atoms with Gasteiger partial charge in [0.15, 0.2) is 12.7 Å². The van der Waals surface area contributed by atoms with Crippen LogP contribution < -0.4 is 9.47 Å². The van der Waals surface area contributed by atoms with Gasteiger partial charge in [-0.05, 0) is 37.3 Å². The molecule has 0 saturated carbocycles. The SMILES string of the molecule is C#CCOC(=O)C(C)Oc1ccc(Oc2ncc(Cl)cc2Cl)cc1. The van der Waals surface area contributed by atoms with Crippen molar-refractivity contribution in [1.29, 1.82) is 0 Å². The molecule has 1 atom stereocenters. The van der Waals surface area contributed by atoms with E-state index in [2.05, 4.69) is 10.9 Å². The summed E-state index contributed by atoms with van der Waals surface area (Å²) in [5.41, 5.74) is 0. The van der Waals surface area contributed by atoms with Crippen LogP contribution in [0.15, 0.2) is 36.5 Å². The molecule has 0 saturated heterocycles. The number of halogens is 2. The second-order valence-electron chi connectivity index (χ2n) is 4.59. The zero-order valence-corrected chi connectivity index (χ0v) is 14.2. The Kier molecular flexibility index (Phi) is 6.30. The van der Waals surface area contributed by atoms with E-state index in [-0.39, 0.29) is 12.5 Å². The first-order valence-corrected chi connectivity index (χ1v) is 7.61. The van der Waals surface area contributed by atoms with Gasteiger partial charge < -0.3 is 14.2 Å². The molecule has 0 amide bonds. The van der Waals surface area contributed by atoms with Gasteiger partial charge in [0.1, 0.15) is 16.5 Å². The topological polar surface area (TPSA) is 57.7 Å². The minimum Gasteiger partial charge on any atom is -0.479 e. The number of ether oxygens (including phenoxy) is 3. The molecule has 1 unspecified atom stereocenters. The molecule has 0 spiro atoms. The van der Waals surface area contributed by atoms with Gasteiger partial charge >= 0.3 is 5.97 Å². The van der Waals surface area contributed by atoms with Crippen LogP contribution in [0.25, 0.3) is 0 Å². The number of terminal acetylenes is 1. The van der Waals surface area contributed by atoms with E-state index >= 15 is 0 Å². The van der Waals surface area contributed by atoms with Crippen molar-refractivity contribution in [3.63, 3.8) is 0 Å². The number of nitrogens with zero attached hydrogens (tertiary/aromatic N) is 1. The van der Waals surface area contributed by atoms with E-state index in [1.54, 1.807) is 31.2 Å². The lowest BCUT2D eigenvalue weighted by Gasteiger charge is -2.13. The summed E-state index contributed by atoms with van der Waals surface area (Å²) in [6.45, 7) is 1.48. The van der Waals surface area contributed by atoms with Gasteiger partial charge in [-0.3, -0.25) is 0 Å². The molecule has 0 aliphatic heterocycles. The van der Waals surface area contributed by atoms with Crippen molar-refractivity contribution in [3.8, 4) is 29.7 Å². The number of hydrogen-bond acceptors (Lipinski definition) is 5. The molecule has 0 N–H and O–H groups in total. The van der Waals surface area contributed by atoms with Crippen LogP contribution in [0, 0.1) is 12.3 Å². The first-order valence-electron chi connectivity index (χ1n) is 6.85. The number of esters is 1. The summed E-state index contributed by atoms with van der Waals surface area (Å²) in [7, 11) is 0. The van der Waals surface area contributed by atoms with Crippen LogP contribution in [-0.2, 0) is 9.53 Å². The molecule has 0 bridgehead atoms. The number of hydrogen-bond donors (Lipinski definition) is 0.